The Bertz CT molecular complexity index is 1060. The third-order valence-corrected chi connectivity index (χ3v) is 7.41. The summed E-state index contributed by atoms with van der Waals surface area (Å²) in [6, 6.07) is 15.8. The van der Waals surface area contributed by atoms with E-state index >= 15 is 0 Å². The molecule has 1 unspecified atom stereocenters. The number of rotatable bonds is 15. The van der Waals surface area contributed by atoms with Gasteiger partial charge in [-0.2, -0.15) is 0 Å². The fourth-order valence-corrected chi connectivity index (χ4v) is 5.10. The van der Waals surface area contributed by atoms with E-state index in [0.29, 0.717) is 43.1 Å². The Hall–Kier alpha value is -2.58. The molecule has 0 bridgehead atoms. The number of hydrogen-bond donors (Lipinski definition) is 1. The van der Waals surface area contributed by atoms with Crippen molar-refractivity contribution in [1.29, 1.82) is 0 Å². The van der Waals surface area contributed by atoms with Gasteiger partial charge in [-0.1, -0.05) is 62.2 Å². The highest BCUT2D eigenvalue weighted by atomic mass is 35.5. The molecular weight excluding hydrogens is 498 g/mol. The van der Waals surface area contributed by atoms with Crippen LogP contribution in [-0.2, 0) is 26.0 Å². The molecule has 0 fully saturated rings. The van der Waals surface area contributed by atoms with Gasteiger partial charge in [0.05, 0.1) is 11.9 Å². The van der Waals surface area contributed by atoms with Crippen LogP contribution in [0.2, 0.25) is 5.02 Å². The van der Waals surface area contributed by atoms with Crippen molar-refractivity contribution in [3.8, 4) is 0 Å². The van der Waals surface area contributed by atoms with Gasteiger partial charge in [0.25, 0.3) is 0 Å². The summed E-state index contributed by atoms with van der Waals surface area (Å²) < 4.78 is 26.1. The Labute approximate surface area is 220 Å². The molecule has 0 spiro atoms. The first-order valence-electron chi connectivity index (χ1n) is 12.5. The number of unbranched alkanes of at least 4 members (excludes halogenated alkanes) is 1. The predicted octanol–water partition coefficient (Wildman–Crippen LogP) is 4.65. The van der Waals surface area contributed by atoms with Gasteiger partial charge in [-0.25, -0.2) is 8.42 Å². The zero-order valence-corrected chi connectivity index (χ0v) is 23.0. The molecule has 0 radical (unpaired) electrons. The fourth-order valence-electron chi connectivity index (χ4n) is 4.01. The van der Waals surface area contributed by atoms with Crippen molar-refractivity contribution in [2.24, 2.45) is 0 Å². The third-order valence-electron chi connectivity index (χ3n) is 5.97. The number of nitrogens with zero attached hydrogens (tertiary/aromatic N) is 2. The van der Waals surface area contributed by atoms with Crippen LogP contribution >= 0.6 is 11.6 Å². The monoisotopic (exact) mass is 535 g/mol. The molecule has 1 atom stereocenters. The number of halogens is 1. The molecule has 198 valence electrons. The quantitative estimate of drug-likeness (QED) is 0.336. The standard InChI is InChI=1S/C27H38ClN3O4S/c1-4-6-19-29-27(33)25(5-2)30(21-18-22-11-8-7-9-12-22)26(32)13-10-20-31(36(3,34)35)24-16-14-23(28)15-17-24/h7-9,11-12,14-17,25H,4-6,10,13,18-21H2,1-3H3,(H,29,33). The molecule has 0 saturated heterocycles. The lowest BCUT2D eigenvalue weighted by Crippen LogP contribution is -2.50. The van der Waals surface area contributed by atoms with Crippen molar-refractivity contribution >= 4 is 39.1 Å². The largest absolute Gasteiger partial charge is 0.354 e. The zero-order valence-electron chi connectivity index (χ0n) is 21.5. The summed E-state index contributed by atoms with van der Waals surface area (Å²) in [4.78, 5) is 28.0. The lowest BCUT2D eigenvalue weighted by molar-refractivity contribution is -0.140. The van der Waals surface area contributed by atoms with Gasteiger partial charge < -0.3 is 10.2 Å². The zero-order chi connectivity index (χ0) is 26.6. The number of carbonyl (C=O) groups is 2. The summed E-state index contributed by atoms with van der Waals surface area (Å²) in [5.41, 5.74) is 1.58. The summed E-state index contributed by atoms with van der Waals surface area (Å²) in [7, 11) is -3.54. The summed E-state index contributed by atoms with van der Waals surface area (Å²) in [6.45, 7) is 5.10. The first kappa shape index (κ1) is 29.6. The van der Waals surface area contributed by atoms with Crippen LogP contribution in [0.4, 0.5) is 5.69 Å². The first-order valence-corrected chi connectivity index (χ1v) is 14.7. The number of hydrogen-bond acceptors (Lipinski definition) is 4. The molecule has 0 aliphatic carbocycles. The normalized spacial score (nSPS) is 12.1. The van der Waals surface area contributed by atoms with Crippen molar-refractivity contribution in [3.05, 3.63) is 65.2 Å². The van der Waals surface area contributed by atoms with Crippen LogP contribution in [0.1, 0.15) is 51.5 Å². The highest BCUT2D eigenvalue weighted by molar-refractivity contribution is 7.92. The van der Waals surface area contributed by atoms with Gasteiger partial charge in [0, 0.05) is 31.1 Å². The highest BCUT2D eigenvalue weighted by Crippen LogP contribution is 2.21. The van der Waals surface area contributed by atoms with Crippen LogP contribution in [0.5, 0.6) is 0 Å². The van der Waals surface area contributed by atoms with Gasteiger partial charge in [-0.05, 0) is 55.5 Å². The maximum Gasteiger partial charge on any atom is 0.242 e. The van der Waals surface area contributed by atoms with Crippen LogP contribution in [0.25, 0.3) is 0 Å². The van der Waals surface area contributed by atoms with Crippen LogP contribution in [0.15, 0.2) is 54.6 Å². The second-order valence-corrected chi connectivity index (χ2v) is 11.1. The molecule has 0 aromatic heterocycles. The molecule has 9 heteroatoms. The van der Waals surface area contributed by atoms with Gasteiger partial charge in [0.15, 0.2) is 0 Å². The van der Waals surface area contributed by atoms with E-state index in [1.807, 2.05) is 37.3 Å². The number of anilines is 1. The van der Waals surface area contributed by atoms with Gasteiger partial charge in [0.2, 0.25) is 21.8 Å². The van der Waals surface area contributed by atoms with Crippen molar-refractivity contribution in [3.63, 3.8) is 0 Å². The van der Waals surface area contributed by atoms with Crippen molar-refractivity contribution in [2.45, 2.75) is 58.4 Å². The lowest BCUT2D eigenvalue weighted by atomic mass is 10.1. The van der Waals surface area contributed by atoms with E-state index in [0.717, 1.165) is 24.7 Å². The smallest absolute Gasteiger partial charge is 0.242 e. The molecule has 2 aromatic carbocycles. The Morgan fingerprint density at radius 2 is 1.64 bits per heavy atom. The fraction of sp³-hybridized carbons (Fsp3) is 0.481. The molecular formula is C27H38ClN3O4S. The van der Waals surface area contributed by atoms with E-state index in [4.69, 9.17) is 11.6 Å². The molecule has 0 aliphatic heterocycles. The van der Waals surface area contributed by atoms with E-state index in [-0.39, 0.29) is 24.8 Å². The first-order chi connectivity index (χ1) is 17.2. The van der Waals surface area contributed by atoms with Gasteiger partial charge in [0.1, 0.15) is 6.04 Å². The second-order valence-electron chi connectivity index (χ2n) is 8.81. The Morgan fingerprint density at radius 3 is 2.22 bits per heavy atom. The van der Waals surface area contributed by atoms with E-state index in [9.17, 15) is 18.0 Å². The lowest BCUT2D eigenvalue weighted by Gasteiger charge is -2.31. The number of benzene rings is 2. The average molecular weight is 536 g/mol. The molecule has 7 nitrogen and oxygen atoms in total. The minimum Gasteiger partial charge on any atom is -0.354 e. The summed E-state index contributed by atoms with van der Waals surface area (Å²) in [5, 5.41) is 3.47. The van der Waals surface area contributed by atoms with E-state index in [1.54, 1.807) is 29.2 Å². The van der Waals surface area contributed by atoms with Gasteiger partial charge >= 0.3 is 0 Å². The van der Waals surface area contributed by atoms with E-state index in [1.165, 1.54) is 4.31 Å². The van der Waals surface area contributed by atoms with Crippen molar-refractivity contribution < 1.29 is 18.0 Å². The molecule has 2 rings (SSSR count). The third kappa shape index (κ3) is 9.47. The summed E-state index contributed by atoms with van der Waals surface area (Å²) in [5.74, 6) is -0.306. The molecule has 2 aromatic rings. The summed E-state index contributed by atoms with van der Waals surface area (Å²) >= 11 is 5.94. The minimum atomic E-state index is -3.54. The van der Waals surface area contributed by atoms with Crippen LogP contribution in [0, 0.1) is 0 Å². The molecule has 0 saturated carbocycles. The number of sulfonamides is 1. The topological polar surface area (TPSA) is 86.8 Å². The van der Waals surface area contributed by atoms with Crippen molar-refractivity contribution in [1.82, 2.24) is 10.2 Å². The van der Waals surface area contributed by atoms with Crippen LogP contribution in [0.3, 0.4) is 0 Å². The molecule has 2 amide bonds. The Balaban J connectivity index is 2.12. The number of nitrogens with one attached hydrogen (secondary N) is 1. The summed E-state index contributed by atoms with van der Waals surface area (Å²) in [6.07, 6.45) is 4.58. The van der Waals surface area contributed by atoms with Crippen molar-refractivity contribution in [2.75, 3.05) is 30.2 Å². The number of carbonyl (C=O) groups excluding carboxylic acids is 2. The Morgan fingerprint density at radius 1 is 0.972 bits per heavy atom. The maximum atomic E-state index is 13.4. The minimum absolute atomic E-state index is 0.132. The SMILES string of the molecule is CCCCNC(=O)C(CC)N(CCc1ccccc1)C(=O)CCCN(c1ccc(Cl)cc1)S(C)(=O)=O. The molecule has 0 heterocycles. The van der Waals surface area contributed by atoms with E-state index in [2.05, 4.69) is 12.2 Å². The number of amides is 2. The highest BCUT2D eigenvalue weighted by Gasteiger charge is 2.28. The second kappa shape index (κ2) is 14.9. The Kier molecular flexibility index (Phi) is 12.2. The average Bonchev–Trinajstić information content (AvgIpc) is 2.85. The van der Waals surface area contributed by atoms with Crippen LogP contribution < -0.4 is 9.62 Å². The predicted molar refractivity (Wildman–Crippen MR) is 147 cm³/mol. The maximum absolute atomic E-state index is 13.4. The molecule has 36 heavy (non-hydrogen) atoms. The molecule has 1 N–H and O–H groups in total. The van der Waals surface area contributed by atoms with E-state index < -0.39 is 16.1 Å². The van der Waals surface area contributed by atoms with Crippen LogP contribution in [-0.4, -0.2) is 57.1 Å². The van der Waals surface area contributed by atoms with Gasteiger partial charge in [-0.3, -0.25) is 13.9 Å². The molecule has 0 aliphatic rings. The van der Waals surface area contributed by atoms with Gasteiger partial charge in [-0.15, -0.1) is 0 Å².